The van der Waals surface area contributed by atoms with E-state index in [-0.39, 0.29) is 22.8 Å². The third-order valence-corrected chi connectivity index (χ3v) is 7.69. The SMILES string of the molecule is CCCCCCOC(=O)NS(=O)(=O)c1ccccc1NC(=O)c1ccc(C#Cc2ccccc2)cc1Nc1ccccc1. The number of amides is 2. The molecule has 43 heavy (non-hydrogen) atoms. The number of hydrogen-bond acceptors (Lipinski definition) is 6. The van der Waals surface area contributed by atoms with Crippen LogP contribution >= 0.6 is 0 Å². The maximum absolute atomic E-state index is 13.6. The third-order valence-electron chi connectivity index (χ3n) is 6.32. The molecule has 4 aromatic carbocycles. The van der Waals surface area contributed by atoms with Crippen molar-refractivity contribution in [3.8, 4) is 11.8 Å². The minimum absolute atomic E-state index is 0.00866. The van der Waals surface area contributed by atoms with E-state index >= 15 is 0 Å². The summed E-state index contributed by atoms with van der Waals surface area (Å²) in [5.74, 6) is 5.68. The molecule has 0 aliphatic heterocycles. The van der Waals surface area contributed by atoms with Crippen molar-refractivity contribution in [2.45, 2.75) is 37.5 Å². The predicted octanol–water partition coefficient (Wildman–Crippen LogP) is 7.08. The van der Waals surface area contributed by atoms with Crippen LogP contribution in [-0.4, -0.2) is 27.0 Å². The largest absolute Gasteiger partial charge is 0.449 e. The van der Waals surface area contributed by atoms with Crippen LogP contribution in [0.1, 0.15) is 54.1 Å². The Morgan fingerprint density at radius 3 is 2.16 bits per heavy atom. The average Bonchev–Trinajstić information content (AvgIpc) is 3.01. The minimum Gasteiger partial charge on any atom is -0.449 e. The molecule has 0 aromatic heterocycles. The van der Waals surface area contributed by atoms with E-state index in [2.05, 4.69) is 29.4 Å². The van der Waals surface area contributed by atoms with Gasteiger partial charge in [0.15, 0.2) is 0 Å². The molecular weight excluding hydrogens is 562 g/mol. The number of para-hydroxylation sites is 2. The van der Waals surface area contributed by atoms with Crippen molar-refractivity contribution in [2.24, 2.45) is 0 Å². The van der Waals surface area contributed by atoms with Crippen molar-refractivity contribution in [3.63, 3.8) is 0 Å². The summed E-state index contributed by atoms with van der Waals surface area (Å²) in [5, 5.41) is 5.95. The molecule has 0 aliphatic rings. The number of carbonyl (C=O) groups is 2. The van der Waals surface area contributed by atoms with E-state index in [0.29, 0.717) is 17.7 Å². The van der Waals surface area contributed by atoms with Gasteiger partial charge in [-0.05, 0) is 61.0 Å². The molecule has 0 bridgehead atoms. The molecule has 9 heteroatoms. The van der Waals surface area contributed by atoms with E-state index in [0.717, 1.165) is 30.5 Å². The van der Waals surface area contributed by atoms with Crippen LogP contribution in [0.2, 0.25) is 0 Å². The first-order valence-electron chi connectivity index (χ1n) is 14.0. The zero-order chi connectivity index (χ0) is 30.5. The topological polar surface area (TPSA) is 114 Å². The lowest BCUT2D eigenvalue weighted by Gasteiger charge is -2.15. The van der Waals surface area contributed by atoms with Crippen molar-refractivity contribution in [2.75, 3.05) is 17.2 Å². The summed E-state index contributed by atoms with van der Waals surface area (Å²) in [7, 11) is -4.34. The van der Waals surface area contributed by atoms with Crippen LogP contribution in [0, 0.1) is 11.8 Å². The van der Waals surface area contributed by atoms with Crippen molar-refractivity contribution in [3.05, 3.63) is 120 Å². The molecule has 0 fully saturated rings. The predicted molar refractivity (Wildman–Crippen MR) is 169 cm³/mol. The van der Waals surface area contributed by atoms with E-state index in [9.17, 15) is 18.0 Å². The zero-order valence-electron chi connectivity index (χ0n) is 23.8. The Morgan fingerprint density at radius 2 is 1.42 bits per heavy atom. The molecule has 0 spiro atoms. The van der Waals surface area contributed by atoms with Gasteiger partial charge in [0.1, 0.15) is 4.90 Å². The lowest BCUT2D eigenvalue weighted by Crippen LogP contribution is -2.32. The van der Waals surface area contributed by atoms with E-state index < -0.39 is 22.0 Å². The van der Waals surface area contributed by atoms with Gasteiger partial charge in [0.25, 0.3) is 15.9 Å². The summed E-state index contributed by atoms with van der Waals surface area (Å²) in [4.78, 5) is 25.5. The third kappa shape index (κ3) is 9.21. The first-order valence-corrected chi connectivity index (χ1v) is 15.5. The fourth-order valence-corrected chi connectivity index (χ4v) is 5.20. The van der Waals surface area contributed by atoms with E-state index in [4.69, 9.17) is 4.74 Å². The number of rotatable bonds is 11. The molecule has 0 unspecified atom stereocenters. The summed E-state index contributed by atoms with van der Waals surface area (Å²) in [5.41, 5.74) is 3.04. The molecule has 2 amide bonds. The fourth-order valence-electron chi connectivity index (χ4n) is 4.15. The van der Waals surface area contributed by atoms with Crippen LogP contribution < -0.4 is 15.4 Å². The van der Waals surface area contributed by atoms with Crippen molar-refractivity contribution in [1.29, 1.82) is 0 Å². The van der Waals surface area contributed by atoms with Gasteiger partial charge in [-0.2, -0.15) is 0 Å². The monoisotopic (exact) mass is 595 g/mol. The molecule has 220 valence electrons. The van der Waals surface area contributed by atoms with E-state index in [1.54, 1.807) is 24.3 Å². The van der Waals surface area contributed by atoms with Gasteiger partial charge in [-0.25, -0.2) is 17.9 Å². The molecule has 0 radical (unpaired) electrons. The highest BCUT2D eigenvalue weighted by Gasteiger charge is 2.23. The summed E-state index contributed by atoms with van der Waals surface area (Å²) in [6.07, 6.45) is 2.48. The number of hydrogen-bond donors (Lipinski definition) is 3. The minimum atomic E-state index is -4.34. The van der Waals surface area contributed by atoms with Gasteiger partial charge in [0, 0.05) is 16.8 Å². The molecule has 4 rings (SSSR count). The second kappa shape index (κ2) is 15.2. The maximum atomic E-state index is 13.6. The summed E-state index contributed by atoms with van der Waals surface area (Å²) >= 11 is 0. The highest BCUT2D eigenvalue weighted by Crippen LogP contribution is 2.26. The normalized spacial score (nSPS) is 10.6. The van der Waals surface area contributed by atoms with Gasteiger partial charge in [0.2, 0.25) is 0 Å². The number of nitrogens with one attached hydrogen (secondary N) is 3. The van der Waals surface area contributed by atoms with Crippen molar-refractivity contribution in [1.82, 2.24) is 4.72 Å². The zero-order valence-corrected chi connectivity index (χ0v) is 24.6. The second-order valence-electron chi connectivity index (χ2n) is 9.62. The number of benzene rings is 4. The van der Waals surface area contributed by atoms with Crippen molar-refractivity contribution >= 4 is 39.1 Å². The summed E-state index contributed by atoms with van der Waals surface area (Å²) in [6, 6.07) is 29.8. The Hall–Kier alpha value is -5.07. The van der Waals surface area contributed by atoms with Crippen LogP contribution in [0.4, 0.5) is 21.9 Å². The Bertz CT molecular complexity index is 1710. The molecule has 4 aromatic rings. The Morgan fingerprint density at radius 1 is 0.744 bits per heavy atom. The van der Waals surface area contributed by atoms with Crippen LogP contribution in [0.5, 0.6) is 0 Å². The lowest BCUT2D eigenvalue weighted by molar-refractivity contribution is 0.102. The standard InChI is InChI=1S/C34H33N3O5S/c1-2-3-4-13-24-42-34(39)37-43(40,41)32-19-12-11-18-30(32)36-33(38)29-23-22-27(21-20-26-14-7-5-8-15-26)25-31(29)35-28-16-9-6-10-17-28/h5-12,14-19,22-23,25,35H,2-4,13,24H2,1H3,(H,36,38)(H,37,39). The Balaban J connectivity index is 1.56. The van der Waals surface area contributed by atoms with Gasteiger partial charge in [-0.15, -0.1) is 0 Å². The van der Waals surface area contributed by atoms with Crippen LogP contribution in [0.3, 0.4) is 0 Å². The lowest BCUT2D eigenvalue weighted by atomic mass is 10.1. The molecular formula is C34H33N3O5S. The summed E-state index contributed by atoms with van der Waals surface area (Å²) in [6.45, 7) is 2.18. The van der Waals surface area contributed by atoms with Gasteiger partial charge in [0.05, 0.1) is 23.5 Å². The smallest absolute Gasteiger partial charge is 0.421 e. The van der Waals surface area contributed by atoms with E-state index in [1.165, 1.54) is 18.2 Å². The van der Waals surface area contributed by atoms with Crippen LogP contribution in [0.25, 0.3) is 0 Å². The van der Waals surface area contributed by atoms with Crippen molar-refractivity contribution < 1.29 is 22.7 Å². The van der Waals surface area contributed by atoms with Gasteiger partial charge < -0.3 is 15.4 Å². The highest BCUT2D eigenvalue weighted by atomic mass is 32.2. The number of ether oxygens (including phenoxy) is 1. The number of unbranched alkanes of at least 4 members (excludes halogenated alkanes) is 3. The molecule has 0 aliphatic carbocycles. The first kappa shape index (κ1) is 30.9. The summed E-state index contributed by atoms with van der Waals surface area (Å²) < 4.78 is 33.1. The second-order valence-corrected chi connectivity index (χ2v) is 11.3. The fraction of sp³-hybridized carbons (Fsp3) is 0.176. The number of anilines is 3. The first-order chi connectivity index (χ1) is 20.9. The Labute approximate surface area is 252 Å². The molecule has 0 heterocycles. The maximum Gasteiger partial charge on any atom is 0.421 e. The van der Waals surface area contributed by atoms with Crippen LogP contribution in [-0.2, 0) is 14.8 Å². The molecule has 0 saturated carbocycles. The highest BCUT2D eigenvalue weighted by molar-refractivity contribution is 7.90. The van der Waals surface area contributed by atoms with Gasteiger partial charge in [-0.3, -0.25) is 4.79 Å². The average molecular weight is 596 g/mol. The molecule has 0 atom stereocenters. The number of sulfonamides is 1. The van der Waals surface area contributed by atoms with Gasteiger partial charge in [-0.1, -0.05) is 86.6 Å². The molecule has 8 nitrogen and oxygen atoms in total. The van der Waals surface area contributed by atoms with Crippen LogP contribution in [0.15, 0.2) is 108 Å². The van der Waals surface area contributed by atoms with Gasteiger partial charge >= 0.3 is 6.09 Å². The quantitative estimate of drug-likeness (QED) is 0.126. The molecule has 3 N–H and O–H groups in total. The van der Waals surface area contributed by atoms with E-state index in [1.807, 2.05) is 65.4 Å². The molecule has 0 saturated heterocycles. The number of carbonyl (C=O) groups excluding carboxylic acids is 2. The Kier molecular flexibility index (Phi) is 10.9.